The van der Waals surface area contributed by atoms with E-state index in [-0.39, 0.29) is 11.8 Å². The zero-order valence-electron chi connectivity index (χ0n) is 12.4. The largest absolute Gasteiger partial charge is 0.295 e. The first-order chi connectivity index (χ1) is 10.0. The number of benzene rings is 1. The van der Waals surface area contributed by atoms with Crippen LogP contribution in [0.5, 0.6) is 0 Å². The van der Waals surface area contributed by atoms with Crippen LogP contribution < -0.4 is 4.72 Å². The van der Waals surface area contributed by atoms with Gasteiger partial charge in [-0.05, 0) is 44.0 Å². The van der Waals surface area contributed by atoms with Gasteiger partial charge in [-0.1, -0.05) is 36.7 Å². The highest BCUT2D eigenvalue weighted by Gasteiger charge is 2.26. The monoisotopic (exact) mass is 330 g/mol. The first kappa shape index (κ1) is 16.7. The second-order valence-electron chi connectivity index (χ2n) is 5.45. The molecule has 1 N–H and O–H groups in total. The Labute approximate surface area is 132 Å². The Morgan fingerprint density at radius 1 is 1.29 bits per heavy atom. The summed E-state index contributed by atoms with van der Waals surface area (Å²) in [7, 11) is -3.20. The molecule has 0 amide bonds. The van der Waals surface area contributed by atoms with Crippen molar-refractivity contribution in [1.29, 1.82) is 0 Å². The smallest absolute Gasteiger partial charge is 0.211 e. The molecule has 1 aliphatic rings. The number of sulfonamides is 1. The van der Waals surface area contributed by atoms with Crippen LogP contribution in [0, 0.1) is 0 Å². The first-order valence-corrected chi connectivity index (χ1v) is 9.52. The van der Waals surface area contributed by atoms with Gasteiger partial charge in [0.1, 0.15) is 0 Å². The van der Waals surface area contributed by atoms with Crippen molar-refractivity contribution in [3.63, 3.8) is 0 Å². The summed E-state index contributed by atoms with van der Waals surface area (Å²) in [6.07, 6.45) is 2.93. The maximum atomic E-state index is 11.9. The summed E-state index contributed by atoms with van der Waals surface area (Å²) in [4.78, 5) is 2.32. The first-order valence-electron chi connectivity index (χ1n) is 7.49. The molecule has 118 valence electrons. The summed E-state index contributed by atoms with van der Waals surface area (Å²) in [6, 6.07) is 7.70. The fourth-order valence-electron chi connectivity index (χ4n) is 2.78. The van der Waals surface area contributed by atoms with Gasteiger partial charge in [0, 0.05) is 17.6 Å². The Morgan fingerprint density at radius 2 is 1.95 bits per heavy atom. The lowest BCUT2D eigenvalue weighted by Gasteiger charge is -2.28. The van der Waals surface area contributed by atoms with Crippen molar-refractivity contribution in [1.82, 2.24) is 9.62 Å². The van der Waals surface area contributed by atoms with Crippen molar-refractivity contribution >= 4 is 21.6 Å². The van der Waals surface area contributed by atoms with Crippen molar-refractivity contribution in [2.24, 2.45) is 0 Å². The highest BCUT2D eigenvalue weighted by Crippen LogP contribution is 2.29. The molecule has 0 unspecified atom stereocenters. The van der Waals surface area contributed by atoms with Crippen molar-refractivity contribution in [2.45, 2.75) is 32.2 Å². The average molecular weight is 331 g/mol. The van der Waals surface area contributed by atoms with E-state index >= 15 is 0 Å². The van der Waals surface area contributed by atoms with E-state index in [4.69, 9.17) is 11.6 Å². The van der Waals surface area contributed by atoms with Gasteiger partial charge < -0.3 is 0 Å². The van der Waals surface area contributed by atoms with Gasteiger partial charge in [0.2, 0.25) is 10.0 Å². The Bertz CT molecular complexity index is 557. The average Bonchev–Trinajstić information content (AvgIpc) is 2.95. The van der Waals surface area contributed by atoms with Gasteiger partial charge in [0.25, 0.3) is 0 Å². The lowest BCUT2D eigenvalue weighted by atomic mass is 10.1. The summed E-state index contributed by atoms with van der Waals surface area (Å²) in [5.74, 6) is 0.169. The van der Waals surface area contributed by atoms with Crippen LogP contribution >= 0.6 is 11.6 Å². The Hall–Kier alpha value is -0.620. The Morgan fingerprint density at radius 3 is 2.57 bits per heavy atom. The van der Waals surface area contributed by atoms with Crippen LogP contribution in [0.4, 0.5) is 0 Å². The second-order valence-corrected chi connectivity index (χ2v) is 7.78. The van der Waals surface area contributed by atoms with Crippen molar-refractivity contribution in [2.75, 3.05) is 25.4 Å². The van der Waals surface area contributed by atoms with Gasteiger partial charge in [-0.2, -0.15) is 0 Å². The highest BCUT2D eigenvalue weighted by molar-refractivity contribution is 7.89. The van der Waals surface area contributed by atoms with E-state index < -0.39 is 10.0 Å². The number of nitrogens with one attached hydrogen (secondary N) is 1. The quantitative estimate of drug-likeness (QED) is 0.836. The molecule has 1 aliphatic heterocycles. The van der Waals surface area contributed by atoms with Gasteiger partial charge in [-0.25, -0.2) is 13.1 Å². The van der Waals surface area contributed by atoms with E-state index in [2.05, 4.69) is 9.62 Å². The predicted octanol–water partition coefficient (Wildman–Crippen LogP) is 2.81. The van der Waals surface area contributed by atoms with E-state index in [0.717, 1.165) is 31.5 Å². The zero-order chi connectivity index (χ0) is 15.3. The molecule has 1 saturated heterocycles. The number of likely N-dealkylation sites (tertiary alicyclic amines) is 1. The Balaban J connectivity index is 2.15. The van der Waals surface area contributed by atoms with Gasteiger partial charge in [-0.15, -0.1) is 0 Å². The number of halogens is 1. The summed E-state index contributed by atoms with van der Waals surface area (Å²) in [5, 5.41) is 0.698. The van der Waals surface area contributed by atoms with Crippen molar-refractivity contribution in [3.8, 4) is 0 Å². The minimum Gasteiger partial charge on any atom is -0.295 e. The fraction of sp³-hybridized carbons (Fsp3) is 0.600. The maximum Gasteiger partial charge on any atom is 0.211 e. The third kappa shape index (κ3) is 4.68. The third-order valence-electron chi connectivity index (χ3n) is 3.82. The lowest BCUT2D eigenvalue weighted by Crippen LogP contribution is -2.37. The minimum absolute atomic E-state index is 0.00725. The van der Waals surface area contributed by atoms with Crippen LogP contribution in [0.15, 0.2) is 24.3 Å². The third-order valence-corrected chi connectivity index (χ3v) is 5.71. The molecule has 1 fully saturated rings. The molecule has 6 heteroatoms. The van der Waals surface area contributed by atoms with Crippen LogP contribution in [-0.2, 0) is 10.0 Å². The normalized spacial score (nSPS) is 18.0. The highest BCUT2D eigenvalue weighted by atomic mass is 35.5. The van der Waals surface area contributed by atoms with E-state index in [1.807, 2.05) is 31.2 Å². The zero-order valence-corrected chi connectivity index (χ0v) is 14.0. The number of rotatable bonds is 7. The summed E-state index contributed by atoms with van der Waals surface area (Å²) >= 11 is 6.30. The fourth-order valence-corrected chi connectivity index (χ4v) is 4.14. The van der Waals surface area contributed by atoms with Crippen molar-refractivity contribution in [3.05, 3.63) is 34.9 Å². The van der Waals surface area contributed by atoms with E-state index in [1.54, 1.807) is 0 Å². The molecule has 1 atom stereocenters. The topological polar surface area (TPSA) is 49.4 Å². The standard InChI is InChI=1S/C15H23ClN2O2S/c1-2-11-21(19,20)17-12-15(18-9-5-6-10-18)13-7-3-4-8-14(13)16/h3-4,7-8,15,17H,2,5-6,9-12H2,1H3/t15-/m1/s1. The molecule has 0 aromatic heterocycles. The number of hydrogen-bond acceptors (Lipinski definition) is 3. The van der Waals surface area contributed by atoms with E-state index in [0.29, 0.717) is 18.0 Å². The summed E-state index contributed by atoms with van der Waals surface area (Å²) < 4.78 is 26.5. The molecular weight excluding hydrogens is 308 g/mol. The SMILES string of the molecule is CCCS(=O)(=O)NC[C@H](c1ccccc1Cl)N1CCCC1. The number of nitrogens with zero attached hydrogens (tertiary/aromatic N) is 1. The van der Waals surface area contributed by atoms with Crippen LogP contribution in [-0.4, -0.2) is 38.7 Å². The molecule has 0 aliphatic carbocycles. The Kier molecular flexibility index (Phi) is 6.05. The maximum absolute atomic E-state index is 11.9. The molecule has 0 bridgehead atoms. The van der Waals surface area contributed by atoms with Crippen LogP contribution in [0.1, 0.15) is 37.8 Å². The van der Waals surface area contributed by atoms with E-state index in [1.165, 1.54) is 0 Å². The van der Waals surface area contributed by atoms with Crippen LogP contribution in [0.3, 0.4) is 0 Å². The molecule has 21 heavy (non-hydrogen) atoms. The minimum atomic E-state index is -3.20. The molecule has 0 saturated carbocycles. The summed E-state index contributed by atoms with van der Waals surface area (Å²) in [6.45, 7) is 4.23. The lowest BCUT2D eigenvalue weighted by molar-refractivity contribution is 0.246. The molecule has 4 nitrogen and oxygen atoms in total. The van der Waals surface area contributed by atoms with Crippen molar-refractivity contribution < 1.29 is 8.42 Å². The molecule has 0 radical (unpaired) electrons. The van der Waals surface area contributed by atoms with Gasteiger partial charge in [0.15, 0.2) is 0 Å². The predicted molar refractivity (Wildman–Crippen MR) is 87.1 cm³/mol. The van der Waals surface area contributed by atoms with Gasteiger partial charge >= 0.3 is 0 Å². The van der Waals surface area contributed by atoms with E-state index in [9.17, 15) is 8.42 Å². The molecule has 0 spiro atoms. The number of hydrogen-bond donors (Lipinski definition) is 1. The second kappa shape index (κ2) is 7.58. The molecule has 1 aromatic carbocycles. The van der Waals surface area contributed by atoms with Crippen LogP contribution in [0.25, 0.3) is 0 Å². The van der Waals surface area contributed by atoms with Gasteiger partial charge in [-0.3, -0.25) is 4.90 Å². The molecular formula is C15H23ClN2O2S. The van der Waals surface area contributed by atoms with Gasteiger partial charge in [0.05, 0.1) is 5.75 Å². The molecule has 2 rings (SSSR count). The molecule has 1 heterocycles. The summed E-state index contributed by atoms with van der Waals surface area (Å²) in [5.41, 5.74) is 1.00. The molecule has 1 aromatic rings. The van der Waals surface area contributed by atoms with Crippen LogP contribution in [0.2, 0.25) is 5.02 Å².